The Morgan fingerprint density at radius 2 is 2.24 bits per heavy atom. The average molecular weight is 296 g/mol. The Morgan fingerprint density at radius 3 is 2.81 bits per heavy atom. The molecule has 0 bridgehead atoms. The highest BCUT2D eigenvalue weighted by Crippen LogP contribution is 2.21. The van der Waals surface area contributed by atoms with E-state index in [1.165, 1.54) is 6.07 Å². The molecule has 0 saturated carbocycles. The van der Waals surface area contributed by atoms with E-state index in [1.807, 2.05) is 19.9 Å². The summed E-state index contributed by atoms with van der Waals surface area (Å²) < 4.78 is 18.3. The van der Waals surface area contributed by atoms with Gasteiger partial charge in [0.1, 0.15) is 0 Å². The molecule has 0 saturated heterocycles. The minimum absolute atomic E-state index is 0.282. The molecule has 5 nitrogen and oxygen atoms in total. The topological polar surface area (TPSA) is 64.4 Å². The molecule has 0 aliphatic heterocycles. The van der Waals surface area contributed by atoms with Crippen LogP contribution in [0.1, 0.15) is 19.4 Å². The van der Waals surface area contributed by atoms with Crippen LogP contribution in [-0.2, 0) is 4.74 Å². The third kappa shape index (κ3) is 5.61. The molecule has 21 heavy (non-hydrogen) atoms. The molecule has 6 heteroatoms. The average Bonchev–Trinajstić information content (AvgIpc) is 2.43. The third-order valence-corrected chi connectivity index (χ3v) is 3.07. The monoisotopic (exact) mass is 296 g/mol. The van der Waals surface area contributed by atoms with Crippen molar-refractivity contribution >= 4 is 11.8 Å². The number of hydrogen-bond donors (Lipinski definition) is 1. The van der Waals surface area contributed by atoms with Gasteiger partial charge in [-0.05, 0) is 17.5 Å². The van der Waals surface area contributed by atoms with Crippen LogP contribution in [0.15, 0.2) is 23.8 Å². The quantitative estimate of drug-likeness (QED) is 0.455. The van der Waals surface area contributed by atoms with Gasteiger partial charge in [0, 0.05) is 26.3 Å². The Bertz CT molecular complexity index is 516. The SMILES string of the molecule is COCCNC/C(=C/c1ccc(F)c([N+](=O)[O-])c1)C(C)C. The van der Waals surface area contributed by atoms with Crippen LogP contribution >= 0.6 is 0 Å². The summed E-state index contributed by atoms with van der Waals surface area (Å²) in [5.41, 5.74) is 1.21. The van der Waals surface area contributed by atoms with Crippen molar-refractivity contribution in [2.45, 2.75) is 13.8 Å². The van der Waals surface area contributed by atoms with Gasteiger partial charge in [0.05, 0.1) is 11.5 Å². The van der Waals surface area contributed by atoms with E-state index in [0.29, 0.717) is 18.7 Å². The summed E-state index contributed by atoms with van der Waals surface area (Å²) in [4.78, 5) is 10.0. The highest BCUT2D eigenvalue weighted by atomic mass is 19.1. The van der Waals surface area contributed by atoms with Gasteiger partial charge in [0.25, 0.3) is 0 Å². The first-order valence-electron chi connectivity index (χ1n) is 6.79. The highest BCUT2D eigenvalue weighted by molar-refractivity contribution is 5.57. The molecule has 1 aromatic carbocycles. The van der Waals surface area contributed by atoms with E-state index in [9.17, 15) is 14.5 Å². The number of halogens is 1. The van der Waals surface area contributed by atoms with E-state index in [2.05, 4.69) is 5.32 Å². The molecule has 0 unspecified atom stereocenters. The molecule has 0 aliphatic rings. The Kier molecular flexibility index (Phi) is 6.98. The maximum absolute atomic E-state index is 13.3. The highest BCUT2D eigenvalue weighted by Gasteiger charge is 2.14. The summed E-state index contributed by atoms with van der Waals surface area (Å²) >= 11 is 0. The van der Waals surface area contributed by atoms with Gasteiger partial charge in [-0.2, -0.15) is 4.39 Å². The molecular formula is C15H21FN2O3. The van der Waals surface area contributed by atoms with Crippen molar-refractivity contribution < 1.29 is 14.1 Å². The van der Waals surface area contributed by atoms with Crippen molar-refractivity contribution in [2.24, 2.45) is 5.92 Å². The Balaban J connectivity index is 2.89. The van der Waals surface area contributed by atoms with Crippen LogP contribution in [0.5, 0.6) is 0 Å². The first kappa shape index (κ1) is 17.3. The predicted octanol–water partition coefficient (Wildman–Crippen LogP) is 3.01. The normalized spacial score (nSPS) is 12.0. The minimum Gasteiger partial charge on any atom is -0.383 e. The number of hydrogen-bond acceptors (Lipinski definition) is 4. The van der Waals surface area contributed by atoms with Gasteiger partial charge < -0.3 is 10.1 Å². The lowest BCUT2D eigenvalue weighted by Gasteiger charge is -2.13. The standard InChI is InChI=1S/C15H21FN2O3/c1-11(2)13(10-17-6-7-21-3)8-12-4-5-14(16)15(9-12)18(19)20/h4-5,8-9,11,17H,6-7,10H2,1-3H3/b13-8-. The molecule has 0 aromatic heterocycles. The maximum Gasteiger partial charge on any atom is 0.305 e. The lowest BCUT2D eigenvalue weighted by Crippen LogP contribution is -2.23. The second-order valence-corrected chi connectivity index (χ2v) is 5.01. The number of ether oxygens (including phenoxy) is 1. The van der Waals surface area contributed by atoms with E-state index < -0.39 is 16.4 Å². The molecule has 0 amide bonds. The molecule has 1 N–H and O–H groups in total. The molecule has 1 rings (SSSR count). The van der Waals surface area contributed by atoms with Gasteiger partial charge in [-0.1, -0.05) is 31.6 Å². The van der Waals surface area contributed by atoms with Crippen LogP contribution in [-0.4, -0.2) is 31.7 Å². The van der Waals surface area contributed by atoms with Gasteiger partial charge in [0.15, 0.2) is 0 Å². The van der Waals surface area contributed by atoms with Gasteiger partial charge >= 0.3 is 5.69 Å². The van der Waals surface area contributed by atoms with Gasteiger partial charge in [0.2, 0.25) is 5.82 Å². The lowest BCUT2D eigenvalue weighted by molar-refractivity contribution is -0.387. The zero-order valence-electron chi connectivity index (χ0n) is 12.6. The van der Waals surface area contributed by atoms with Gasteiger partial charge in [-0.25, -0.2) is 0 Å². The molecule has 0 spiro atoms. The largest absolute Gasteiger partial charge is 0.383 e. The number of nitrogens with one attached hydrogen (secondary N) is 1. The zero-order valence-corrected chi connectivity index (χ0v) is 12.6. The second-order valence-electron chi connectivity index (χ2n) is 5.01. The number of nitro benzene ring substituents is 1. The smallest absolute Gasteiger partial charge is 0.305 e. The van der Waals surface area contributed by atoms with E-state index >= 15 is 0 Å². The van der Waals surface area contributed by atoms with Gasteiger partial charge in [-0.15, -0.1) is 0 Å². The number of methoxy groups -OCH3 is 1. The number of nitrogens with zero attached hydrogens (tertiary/aromatic N) is 1. The van der Waals surface area contributed by atoms with Crippen LogP contribution in [0.2, 0.25) is 0 Å². The summed E-state index contributed by atoms with van der Waals surface area (Å²) in [6, 6.07) is 3.92. The second kappa shape index (κ2) is 8.49. The van der Waals surface area contributed by atoms with Crippen LogP contribution in [0.25, 0.3) is 6.08 Å². The Labute approximate surface area is 124 Å². The maximum atomic E-state index is 13.3. The minimum atomic E-state index is -0.818. The fourth-order valence-electron chi connectivity index (χ4n) is 1.80. The molecule has 0 heterocycles. The number of benzene rings is 1. The summed E-state index contributed by atoms with van der Waals surface area (Å²) in [5.74, 6) is -0.536. The van der Waals surface area contributed by atoms with Crippen molar-refractivity contribution in [2.75, 3.05) is 26.8 Å². The fraction of sp³-hybridized carbons (Fsp3) is 0.467. The first-order chi connectivity index (χ1) is 9.95. The van der Waals surface area contributed by atoms with E-state index in [4.69, 9.17) is 4.74 Å². The fourth-order valence-corrected chi connectivity index (χ4v) is 1.80. The molecule has 0 radical (unpaired) electrons. The third-order valence-electron chi connectivity index (χ3n) is 3.07. The van der Waals surface area contributed by atoms with E-state index in [-0.39, 0.29) is 5.92 Å². The molecule has 1 aromatic rings. The molecular weight excluding hydrogens is 275 g/mol. The van der Waals surface area contributed by atoms with Crippen molar-refractivity contribution in [3.8, 4) is 0 Å². The van der Waals surface area contributed by atoms with E-state index in [1.54, 1.807) is 13.2 Å². The molecule has 0 fully saturated rings. The van der Waals surface area contributed by atoms with Crippen LogP contribution < -0.4 is 5.32 Å². The Hall–Kier alpha value is -1.79. The summed E-state index contributed by atoms with van der Waals surface area (Å²) in [6.45, 7) is 6.09. The lowest BCUT2D eigenvalue weighted by atomic mass is 10.00. The molecule has 116 valence electrons. The number of rotatable bonds is 8. The predicted molar refractivity (Wildman–Crippen MR) is 80.6 cm³/mol. The van der Waals surface area contributed by atoms with Gasteiger partial charge in [-0.3, -0.25) is 10.1 Å². The Morgan fingerprint density at radius 1 is 1.52 bits per heavy atom. The molecule has 0 atom stereocenters. The van der Waals surface area contributed by atoms with Crippen molar-refractivity contribution in [3.63, 3.8) is 0 Å². The molecule has 0 aliphatic carbocycles. The zero-order chi connectivity index (χ0) is 15.8. The van der Waals surface area contributed by atoms with Crippen molar-refractivity contribution in [3.05, 3.63) is 45.3 Å². The van der Waals surface area contributed by atoms with E-state index in [0.717, 1.165) is 18.2 Å². The summed E-state index contributed by atoms with van der Waals surface area (Å²) in [6.07, 6.45) is 1.86. The van der Waals surface area contributed by atoms with Crippen LogP contribution in [0.4, 0.5) is 10.1 Å². The first-order valence-corrected chi connectivity index (χ1v) is 6.79. The van der Waals surface area contributed by atoms with Crippen LogP contribution in [0, 0.1) is 21.8 Å². The summed E-state index contributed by atoms with van der Waals surface area (Å²) in [5, 5.41) is 14.0. The van der Waals surface area contributed by atoms with Crippen molar-refractivity contribution in [1.29, 1.82) is 0 Å². The van der Waals surface area contributed by atoms with Crippen molar-refractivity contribution in [1.82, 2.24) is 5.32 Å². The summed E-state index contributed by atoms with van der Waals surface area (Å²) in [7, 11) is 1.64. The van der Waals surface area contributed by atoms with Crippen LogP contribution in [0.3, 0.4) is 0 Å². The number of nitro groups is 1.